The molecule has 0 amide bonds. The van der Waals surface area contributed by atoms with Crippen LogP contribution in [0.15, 0.2) is 24.3 Å². The van der Waals surface area contributed by atoms with Crippen LogP contribution < -0.4 is 4.74 Å². The number of aliphatic hydroxyl groups excluding tert-OH is 1. The van der Waals surface area contributed by atoms with Crippen molar-refractivity contribution in [2.45, 2.75) is 13.5 Å². The van der Waals surface area contributed by atoms with Crippen LogP contribution in [-0.2, 0) is 11.4 Å². The Bertz CT molecular complexity index is 277. The van der Waals surface area contributed by atoms with E-state index < -0.39 is 0 Å². The lowest BCUT2D eigenvalue weighted by molar-refractivity contribution is -0.118. The average Bonchev–Trinajstić information content (AvgIpc) is 2.15. The molecule has 0 aliphatic rings. The summed E-state index contributed by atoms with van der Waals surface area (Å²) >= 11 is 0. The molecule has 1 N–H and O–H groups in total. The highest BCUT2D eigenvalue weighted by Gasteiger charge is 1.96. The van der Waals surface area contributed by atoms with Crippen LogP contribution in [0.2, 0.25) is 0 Å². The molecule has 1 rings (SSSR count). The number of carbonyl (C=O) groups is 1. The van der Waals surface area contributed by atoms with Gasteiger partial charge in [-0.1, -0.05) is 12.1 Å². The van der Waals surface area contributed by atoms with Crippen LogP contribution in [0.25, 0.3) is 0 Å². The smallest absolute Gasteiger partial charge is 0.167 e. The third-order valence-corrected chi connectivity index (χ3v) is 1.55. The fourth-order valence-electron chi connectivity index (χ4n) is 0.876. The van der Waals surface area contributed by atoms with Crippen molar-refractivity contribution in [3.05, 3.63) is 29.8 Å². The lowest BCUT2D eigenvalue weighted by Gasteiger charge is -2.03. The van der Waals surface area contributed by atoms with Crippen LogP contribution in [0.4, 0.5) is 0 Å². The minimum atomic E-state index is -0.00812. The summed E-state index contributed by atoms with van der Waals surface area (Å²) in [5.74, 6) is 0.638. The predicted molar refractivity (Wildman–Crippen MR) is 48.5 cm³/mol. The van der Waals surface area contributed by atoms with E-state index in [9.17, 15) is 4.79 Å². The van der Waals surface area contributed by atoms with E-state index in [4.69, 9.17) is 9.84 Å². The van der Waals surface area contributed by atoms with Gasteiger partial charge in [-0.15, -0.1) is 0 Å². The van der Waals surface area contributed by atoms with Gasteiger partial charge in [0.25, 0.3) is 0 Å². The molecule has 13 heavy (non-hydrogen) atoms. The largest absolute Gasteiger partial charge is 0.486 e. The van der Waals surface area contributed by atoms with Gasteiger partial charge >= 0.3 is 0 Å². The Morgan fingerprint density at radius 3 is 2.46 bits per heavy atom. The quantitative estimate of drug-likeness (QED) is 0.756. The zero-order chi connectivity index (χ0) is 9.68. The van der Waals surface area contributed by atoms with Crippen molar-refractivity contribution in [2.24, 2.45) is 0 Å². The maximum Gasteiger partial charge on any atom is 0.167 e. The Balaban J connectivity index is 2.54. The summed E-state index contributed by atoms with van der Waals surface area (Å²) in [7, 11) is 0. The molecule has 0 atom stereocenters. The number of aliphatic hydroxyl groups is 1. The molecule has 1 aromatic carbocycles. The maximum atomic E-state index is 10.6. The number of hydrogen-bond acceptors (Lipinski definition) is 3. The van der Waals surface area contributed by atoms with E-state index in [1.807, 2.05) is 0 Å². The summed E-state index contributed by atoms with van der Waals surface area (Å²) in [4.78, 5) is 10.6. The highest BCUT2D eigenvalue weighted by atomic mass is 16.5. The summed E-state index contributed by atoms with van der Waals surface area (Å²) in [5, 5.41) is 8.75. The first-order chi connectivity index (χ1) is 6.22. The summed E-state index contributed by atoms with van der Waals surface area (Å²) in [5.41, 5.74) is 0.829. The number of ether oxygens (including phenoxy) is 1. The first kappa shape index (κ1) is 9.74. The lowest BCUT2D eigenvalue weighted by Crippen LogP contribution is -2.06. The van der Waals surface area contributed by atoms with Crippen molar-refractivity contribution in [3.8, 4) is 5.75 Å². The van der Waals surface area contributed by atoms with Gasteiger partial charge in [0.05, 0.1) is 6.61 Å². The Kier molecular flexibility index (Phi) is 3.46. The van der Waals surface area contributed by atoms with E-state index in [1.54, 1.807) is 24.3 Å². The molecule has 0 spiro atoms. The number of hydrogen-bond donors (Lipinski definition) is 1. The van der Waals surface area contributed by atoms with Gasteiger partial charge in [-0.25, -0.2) is 0 Å². The monoisotopic (exact) mass is 180 g/mol. The SMILES string of the molecule is CC(=O)COc1ccc(CO)cc1. The standard InChI is InChI=1S/C10H12O3/c1-8(12)7-13-10-4-2-9(6-11)3-5-10/h2-5,11H,6-7H2,1H3. The molecule has 0 saturated heterocycles. The first-order valence-corrected chi connectivity index (χ1v) is 4.04. The van der Waals surface area contributed by atoms with Crippen molar-refractivity contribution in [3.63, 3.8) is 0 Å². The van der Waals surface area contributed by atoms with Crippen molar-refractivity contribution in [2.75, 3.05) is 6.61 Å². The number of carbonyl (C=O) groups excluding carboxylic acids is 1. The minimum Gasteiger partial charge on any atom is -0.486 e. The molecule has 0 heterocycles. The van der Waals surface area contributed by atoms with Crippen molar-refractivity contribution >= 4 is 5.78 Å². The Morgan fingerprint density at radius 1 is 1.38 bits per heavy atom. The van der Waals surface area contributed by atoms with Crippen LogP contribution in [0.5, 0.6) is 5.75 Å². The fourth-order valence-corrected chi connectivity index (χ4v) is 0.876. The highest BCUT2D eigenvalue weighted by Crippen LogP contribution is 2.11. The van der Waals surface area contributed by atoms with Gasteiger partial charge < -0.3 is 9.84 Å². The third-order valence-electron chi connectivity index (χ3n) is 1.55. The Labute approximate surface area is 77.0 Å². The fraction of sp³-hybridized carbons (Fsp3) is 0.300. The van der Waals surface area contributed by atoms with Crippen LogP contribution in [0.1, 0.15) is 12.5 Å². The molecule has 70 valence electrons. The second-order valence-corrected chi connectivity index (χ2v) is 2.79. The molecule has 3 nitrogen and oxygen atoms in total. The molecule has 0 aromatic heterocycles. The number of Topliss-reactive ketones (excluding diaryl/α,β-unsaturated/α-hetero) is 1. The van der Waals surface area contributed by atoms with E-state index in [1.165, 1.54) is 6.92 Å². The molecule has 3 heteroatoms. The highest BCUT2D eigenvalue weighted by molar-refractivity contribution is 5.77. The average molecular weight is 180 g/mol. The number of benzene rings is 1. The van der Waals surface area contributed by atoms with E-state index in [2.05, 4.69) is 0 Å². The molecule has 0 saturated carbocycles. The first-order valence-electron chi connectivity index (χ1n) is 4.04. The van der Waals surface area contributed by atoms with Gasteiger partial charge in [-0.2, -0.15) is 0 Å². The van der Waals surface area contributed by atoms with Gasteiger partial charge in [-0.3, -0.25) is 4.79 Å². The van der Waals surface area contributed by atoms with Crippen molar-refractivity contribution in [1.29, 1.82) is 0 Å². The third kappa shape index (κ3) is 3.25. The van der Waals surface area contributed by atoms with Crippen molar-refractivity contribution in [1.82, 2.24) is 0 Å². The molecule has 0 unspecified atom stereocenters. The van der Waals surface area contributed by atoms with Gasteiger partial charge in [0, 0.05) is 0 Å². The van der Waals surface area contributed by atoms with E-state index in [-0.39, 0.29) is 19.0 Å². The normalized spacial score (nSPS) is 9.69. The molecule has 0 aliphatic heterocycles. The van der Waals surface area contributed by atoms with Gasteiger partial charge in [0.1, 0.15) is 12.4 Å². The number of rotatable bonds is 4. The molecular weight excluding hydrogens is 168 g/mol. The topological polar surface area (TPSA) is 46.5 Å². The van der Waals surface area contributed by atoms with E-state index in [0.717, 1.165) is 5.56 Å². The summed E-state index contributed by atoms with van der Waals surface area (Å²) in [6, 6.07) is 6.98. The summed E-state index contributed by atoms with van der Waals surface area (Å²) in [6.45, 7) is 1.59. The lowest BCUT2D eigenvalue weighted by atomic mass is 10.2. The Hall–Kier alpha value is -1.35. The van der Waals surface area contributed by atoms with Crippen LogP contribution >= 0.6 is 0 Å². The number of ketones is 1. The van der Waals surface area contributed by atoms with E-state index in [0.29, 0.717) is 5.75 Å². The van der Waals surface area contributed by atoms with Crippen LogP contribution in [-0.4, -0.2) is 17.5 Å². The zero-order valence-corrected chi connectivity index (χ0v) is 7.49. The molecule has 0 fully saturated rings. The van der Waals surface area contributed by atoms with Gasteiger partial charge in [0.15, 0.2) is 5.78 Å². The maximum absolute atomic E-state index is 10.6. The molecular formula is C10H12O3. The molecule has 1 aromatic rings. The second kappa shape index (κ2) is 4.62. The molecule has 0 radical (unpaired) electrons. The molecule has 0 bridgehead atoms. The van der Waals surface area contributed by atoms with Gasteiger partial charge in [-0.05, 0) is 24.6 Å². The second-order valence-electron chi connectivity index (χ2n) is 2.79. The van der Waals surface area contributed by atoms with E-state index >= 15 is 0 Å². The Morgan fingerprint density at radius 2 is 2.00 bits per heavy atom. The summed E-state index contributed by atoms with van der Waals surface area (Å²) < 4.78 is 5.14. The zero-order valence-electron chi connectivity index (χ0n) is 7.49. The van der Waals surface area contributed by atoms with Gasteiger partial charge in [0.2, 0.25) is 0 Å². The summed E-state index contributed by atoms with van der Waals surface area (Å²) in [6.07, 6.45) is 0. The predicted octanol–water partition coefficient (Wildman–Crippen LogP) is 1.15. The van der Waals surface area contributed by atoms with Crippen LogP contribution in [0.3, 0.4) is 0 Å². The minimum absolute atomic E-state index is 0.00812. The van der Waals surface area contributed by atoms with Crippen molar-refractivity contribution < 1.29 is 14.6 Å². The van der Waals surface area contributed by atoms with Crippen LogP contribution in [0, 0.1) is 0 Å². The molecule has 0 aliphatic carbocycles.